The molecule has 2 rings (SSSR count). The van der Waals surface area contributed by atoms with Crippen molar-refractivity contribution in [3.05, 3.63) is 16.1 Å². The van der Waals surface area contributed by atoms with Gasteiger partial charge in [0.05, 0.1) is 11.5 Å². The third-order valence-electron chi connectivity index (χ3n) is 4.59. The Bertz CT molecular complexity index is 557. The lowest BCUT2D eigenvalue weighted by Gasteiger charge is -2.32. The summed E-state index contributed by atoms with van der Waals surface area (Å²) in [6.45, 7) is 5.95. The molecule has 122 valence electrons. The predicted molar refractivity (Wildman–Crippen MR) is 85.7 cm³/mol. The highest BCUT2D eigenvalue weighted by Crippen LogP contribution is 2.32. The van der Waals surface area contributed by atoms with Crippen LogP contribution in [-0.4, -0.2) is 22.0 Å². The van der Waals surface area contributed by atoms with E-state index in [1.165, 1.54) is 0 Å². The Labute approximate surface area is 135 Å². The molecular formula is C16H24N2O3S. The zero-order chi connectivity index (χ0) is 16.3. The number of carbonyl (C=O) groups excluding carboxylic acids is 1. The number of thiazole rings is 1. The second kappa shape index (κ2) is 6.77. The van der Waals surface area contributed by atoms with Gasteiger partial charge in [0.1, 0.15) is 5.01 Å². The number of aliphatic carboxylic acids is 1. The molecule has 5 nitrogen and oxygen atoms in total. The molecule has 22 heavy (non-hydrogen) atoms. The number of rotatable bonds is 5. The molecule has 6 heteroatoms. The van der Waals surface area contributed by atoms with Crippen LogP contribution in [-0.2, 0) is 15.1 Å². The second-order valence-corrected chi connectivity index (χ2v) is 7.23. The standard InChI is InChI=1S/C16H24N2O3S/c1-4-16(3,15-17-10(2)9-22-15)18-13(19)11-6-5-7-12(8-11)14(20)21/h9,11-12H,4-8H2,1-3H3,(H,18,19)(H,20,21). The monoisotopic (exact) mass is 324 g/mol. The second-order valence-electron chi connectivity index (χ2n) is 6.37. The predicted octanol–water partition coefficient (Wildman–Crippen LogP) is 3.08. The first-order valence-electron chi connectivity index (χ1n) is 7.83. The summed E-state index contributed by atoms with van der Waals surface area (Å²) in [5.41, 5.74) is 0.476. The highest BCUT2D eigenvalue weighted by atomic mass is 32.1. The Morgan fingerprint density at radius 1 is 1.45 bits per heavy atom. The van der Waals surface area contributed by atoms with Crippen molar-refractivity contribution in [3.8, 4) is 0 Å². The zero-order valence-corrected chi connectivity index (χ0v) is 14.2. The maximum absolute atomic E-state index is 12.6. The normalized spacial score (nSPS) is 24.5. The van der Waals surface area contributed by atoms with Crippen LogP contribution in [0.3, 0.4) is 0 Å². The molecule has 2 N–H and O–H groups in total. The van der Waals surface area contributed by atoms with Gasteiger partial charge in [0.2, 0.25) is 5.91 Å². The van der Waals surface area contributed by atoms with Crippen LogP contribution in [0.2, 0.25) is 0 Å². The molecule has 0 saturated heterocycles. The minimum atomic E-state index is -0.786. The molecule has 1 aromatic heterocycles. The van der Waals surface area contributed by atoms with Crippen LogP contribution in [0.4, 0.5) is 0 Å². The summed E-state index contributed by atoms with van der Waals surface area (Å²) in [5.74, 6) is -1.42. The van der Waals surface area contributed by atoms with Crippen molar-refractivity contribution in [3.63, 3.8) is 0 Å². The fraction of sp³-hybridized carbons (Fsp3) is 0.688. The van der Waals surface area contributed by atoms with Crippen LogP contribution in [0.1, 0.15) is 56.7 Å². The summed E-state index contributed by atoms with van der Waals surface area (Å²) >= 11 is 1.56. The minimum Gasteiger partial charge on any atom is -0.481 e. The van der Waals surface area contributed by atoms with Gasteiger partial charge < -0.3 is 10.4 Å². The molecule has 3 atom stereocenters. The van der Waals surface area contributed by atoms with Gasteiger partial charge in [0.15, 0.2) is 0 Å². The lowest BCUT2D eigenvalue weighted by molar-refractivity contribution is -0.144. The Kier molecular flexibility index (Phi) is 5.21. The third-order valence-corrected chi connectivity index (χ3v) is 5.82. The fourth-order valence-electron chi connectivity index (χ4n) is 2.93. The van der Waals surface area contributed by atoms with Crippen molar-refractivity contribution in [2.24, 2.45) is 11.8 Å². The number of carboxylic acid groups (broad SMARTS) is 1. The minimum absolute atomic E-state index is 0.0387. The van der Waals surface area contributed by atoms with Gasteiger partial charge in [-0.05, 0) is 39.5 Å². The summed E-state index contributed by atoms with van der Waals surface area (Å²) in [7, 11) is 0. The number of hydrogen-bond donors (Lipinski definition) is 2. The van der Waals surface area contributed by atoms with Crippen molar-refractivity contribution < 1.29 is 14.7 Å². The maximum Gasteiger partial charge on any atom is 0.306 e. The summed E-state index contributed by atoms with van der Waals surface area (Å²) in [4.78, 5) is 28.2. The largest absolute Gasteiger partial charge is 0.481 e. The molecular weight excluding hydrogens is 300 g/mol. The number of nitrogens with zero attached hydrogens (tertiary/aromatic N) is 1. The number of aryl methyl sites for hydroxylation is 1. The first-order chi connectivity index (χ1) is 10.4. The highest BCUT2D eigenvalue weighted by Gasteiger charge is 2.35. The topological polar surface area (TPSA) is 79.3 Å². The van der Waals surface area contributed by atoms with Gasteiger partial charge in [-0.15, -0.1) is 11.3 Å². The first-order valence-corrected chi connectivity index (χ1v) is 8.71. The van der Waals surface area contributed by atoms with Gasteiger partial charge >= 0.3 is 5.97 Å². The van der Waals surface area contributed by atoms with Crippen LogP contribution < -0.4 is 5.32 Å². The SMILES string of the molecule is CCC(C)(NC(=O)C1CCCC(C(=O)O)C1)c1nc(C)cs1. The van der Waals surface area contributed by atoms with E-state index in [2.05, 4.69) is 10.3 Å². The number of aromatic nitrogens is 1. The Morgan fingerprint density at radius 2 is 2.14 bits per heavy atom. The van der Waals surface area contributed by atoms with Gasteiger partial charge in [0.25, 0.3) is 0 Å². The van der Waals surface area contributed by atoms with Crippen LogP contribution in [0.5, 0.6) is 0 Å². The van der Waals surface area contributed by atoms with Crippen molar-refractivity contribution >= 4 is 23.2 Å². The van der Waals surface area contributed by atoms with E-state index < -0.39 is 11.5 Å². The van der Waals surface area contributed by atoms with Crippen molar-refractivity contribution in [2.45, 2.75) is 58.4 Å². The average molecular weight is 324 g/mol. The first kappa shape index (κ1) is 16.9. The van der Waals surface area contributed by atoms with E-state index in [0.717, 1.165) is 30.0 Å². The molecule has 1 fully saturated rings. The number of hydrogen-bond acceptors (Lipinski definition) is 4. The molecule has 1 saturated carbocycles. The molecule has 0 aliphatic heterocycles. The van der Waals surface area contributed by atoms with Crippen molar-refractivity contribution in [1.82, 2.24) is 10.3 Å². The van der Waals surface area contributed by atoms with E-state index in [9.17, 15) is 9.59 Å². The molecule has 1 heterocycles. The van der Waals surface area contributed by atoms with Crippen molar-refractivity contribution in [2.75, 3.05) is 0 Å². The van der Waals surface area contributed by atoms with E-state index in [1.807, 2.05) is 26.2 Å². The van der Waals surface area contributed by atoms with Gasteiger partial charge in [-0.25, -0.2) is 4.98 Å². The van der Waals surface area contributed by atoms with Crippen LogP contribution in [0.25, 0.3) is 0 Å². The molecule has 0 bridgehead atoms. The Balaban J connectivity index is 2.07. The van der Waals surface area contributed by atoms with Gasteiger partial charge in [0, 0.05) is 17.0 Å². The van der Waals surface area contributed by atoms with Crippen LogP contribution in [0, 0.1) is 18.8 Å². The molecule has 1 aromatic rings. The van der Waals surface area contributed by atoms with E-state index >= 15 is 0 Å². The summed E-state index contributed by atoms with van der Waals surface area (Å²) < 4.78 is 0. The average Bonchev–Trinajstić information content (AvgIpc) is 2.94. The number of carbonyl (C=O) groups is 2. The maximum atomic E-state index is 12.6. The molecule has 1 aliphatic rings. The fourth-order valence-corrected chi connectivity index (χ4v) is 3.91. The van der Waals surface area contributed by atoms with E-state index in [1.54, 1.807) is 11.3 Å². The quantitative estimate of drug-likeness (QED) is 0.872. The summed E-state index contributed by atoms with van der Waals surface area (Å²) in [6.07, 6.45) is 3.44. The summed E-state index contributed by atoms with van der Waals surface area (Å²) in [5, 5.41) is 15.2. The number of amides is 1. The molecule has 1 amide bonds. The Morgan fingerprint density at radius 3 is 2.68 bits per heavy atom. The van der Waals surface area contributed by atoms with E-state index in [-0.39, 0.29) is 17.7 Å². The Hall–Kier alpha value is -1.43. The lowest BCUT2D eigenvalue weighted by Crippen LogP contribution is -2.46. The zero-order valence-electron chi connectivity index (χ0n) is 13.4. The third kappa shape index (κ3) is 3.66. The van der Waals surface area contributed by atoms with Gasteiger partial charge in [-0.3, -0.25) is 9.59 Å². The van der Waals surface area contributed by atoms with Gasteiger partial charge in [-0.1, -0.05) is 13.3 Å². The van der Waals surface area contributed by atoms with E-state index in [4.69, 9.17) is 5.11 Å². The van der Waals surface area contributed by atoms with Crippen molar-refractivity contribution in [1.29, 1.82) is 0 Å². The number of nitrogens with one attached hydrogen (secondary N) is 1. The number of carboxylic acids is 1. The molecule has 0 aromatic carbocycles. The highest BCUT2D eigenvalue weighted by molar-refractivity contribution is 7.09. The molecule has 0 radical (unpaired) electrons. The van der Waals surface area contributed by atoms with Crippen LogP contribution in [0.15, 0.2) is 5.38 Å². The molecule has 3 unspecified atom stereocenters. The van der Waals surface area contributed by atoms with Crippen LogP contribution >= 0.6 is 11.3 Å². The lowest BCUT2D eigenvalue weighted by atomic mass is 9.80. The molecule has 1 aliphatic carbocycles. The molecule has 0 spiro atoms. The van der Waals surface area contributed by atoms with E-state index in [0.29, 0.717) is 12.8 Å². The summed E-state index contributed by atoms with van der Waals surface area (Å²) in [6, 6.07) is 0. The smallest absolute Gasteiger partial charge is 0.306 e. The van der Waals surface area contributed by atoms with Gasteiger partial charge in [-0.2, -0.15) is 0 Å².